The minimum absolute atomic E-state index is 0.0553. The van der Waals surface area contributed by atoms with E-state index in [9.17, 15) is 4.79 Å². The van der Waals surface area contributed by atoms with Gasteiger partial charge in [-0.2, -0.15) is 8.75 Å². The molecule has 0 bridgehead atoms. The van der Waals surface area contributed by atoms with Crippen molar-refractivity contribution in [2.75, 3.05) is 25.0 Å². The maximum absolute atomic E-state index is 12.4. The normalized spacial score (nSPS) is 25.2. The van der Waals surface area contributed by atoms with Crippen molar-refractivity contribution in [3.8, 4) is 0 Å². The van der Waals surface area contributed by atoms with E-state index in [1.165, 1.54) is 43.8 Å². The van der Waals surface area contributed by atoms with Gasteiger partial charge in [-0.15, -0.1) is 0 Å². The summed E-state index contributed by atoms with van der Waals surface area (Å²) in [6, 6.07) is 5.73. The maximum Gasteiger partial charge on any atom is 0.238 e. The quantitative estimate of drug-likeness (QED) is 0.939. The Morgan fingerprint density at radius 2 is 2.09 bits per heavy atom. The van der Waals surface area contributed by atoms with Crippen molar-refractivity contribution in [2.24, 2.45) is 11.8 Å². The summed E-state index contributed by atoms with van der Waals surface area (Å²) >= 11 is 1.18. The van der Waals surface area contributed by atoms with E-state index in [2.05, 4.69) is 19.0 Å². The molecule has 1 aromatic carbocycles. The van der Waals surface area contributed by atoms with Crippen LogP contribution < -0.4 is 5.32 Å². The van der Waals surface area contributed by atoms with Gasteiger partial charge >= 0.3 is 0 Å². The summed E-state index contributed by atoms with van der Waals surface area (Å²) in [6.45, 7) is 2.62. The highest BCUT2D eigenvalue weighted by molar-refractivity contribution is 7.00. The number of carbonyl (C=O) groups excluding carboxylic acids is 1. The average molecular weight is 330 g/mol. The molecule has 0 unspecified atom stereocenters. The largest absolute Gasteiger partial charge is 0.323 e. The molecule has 5 nitrogen and oxygen atoms in total. The van der Waals surface area contributed by atoms with Gasteiger partial charge in [-0.25, -0.2) is 0 Å². The van der Waals surface area contributed by atoms with E-state index in [0.717, 1.165) is 41.6 Å². The molecule has 6 heteroatoms. The van der Waals surface area contributed by atoms with Crippen LogP contribution in [0.15, 0.2) is 18.2 Å². The molecule has 1 aromatic heterocycles. The van der Waals surface area contributed by atoms with E-state index in [4.69, 9.17) is 0 Å². The Balaban J connectivity index is 1.37. The summed E-state index contributed by atoms with van der Waals surface area (Å²) in [4.78, 5) is 14.7. The minimum atomic E-state index is 0.0553. The Labute approximate surface area is 140 Å². The minimum Gasteiger partial charge on any atom is -0.323 e. The number of piperidine rings is 1. The monoisotopic (exact) mass is 330 g/mol. The number of carbonyl (C=O) groups is 1. The van der Waals surface area contributed by atoms with Gasteiger partial charge < -0.3 is 5.32 Å². The van der Waals surface area contributed by atoms with Crippen LogP contribution in [0.5, 0.6) is 0 Å². The summed E-state index contributed by atoms with van der Waals surface area (Å²) in [5, 5.41) is 3.01. The lowest BCUT2D eigenvalue weighted by Gasteiger charge is -2.41. The number of rotatable bonds is 3. The number of nitrogens with one attached hydrogen (secondary N) is 1. The molecule has 1 aliphatic carbocycles. The van der Waals surface area contributed by atoms with E-state index in [0.29, 0.717) is 6.54 Å². The number of nitrogens with zero attached hydrogens (tertiary/aromatic N) is 3. The van der Waals surface area contributed by atoms with Crippen LogP contribution in [-0.4, -0.2) is 39.2 Å². The number of anilines is 1. The predicted molar refractivity (Wildman–Crippen MR) is 92.5 cm³/mol. The highest BCUT2D eigenvalue weighted by atomic mass is 32.1. The van der Waals surface area contributed by atoms with E-state index < -0.39 is 0 Å². The van der Waals surface area contributed by atoms with Gasteiger partial charge in [0.15, 0.2) is 0 Å². The molecule has 0 spiro atoms. The lowest BCUT2D eigenvalue weighted by molar-refractivity contribution is -0.118. The molecule has 4 rings (SSSR count). The molecule has 1 aliphatic heterocycles. The highest BCUT2D eigenvalue weighted by Gasteiger charge is 2.31. The third kappa shape index (κ3) is 3.23. The number of benzene rings is 1. The third-order valence-electron chi connectivity index (χ3n) is 5.30. The van der Waals surface area contributed by atoms with Crippen LogP contribution >= 0.6 is 11.7 Å². The SMILES string of the molecule is O=C(CN1CC[C@@H]2CCCC[C@@H]2C1)Nc1cccc2nsnc12. The lowest BCUT2D eigenvalue weighted by atomic mass is 9.75. The second-order valence-corrected chi connectivity index (χ2v) is 7.34. The van der Waals surface area contributed by atoms with Crippen molar-refractivity contribution in [3.05, 3.63) is 18.2 Å². The van der Waals surface area contributed by atoms with Crippen molar-refractivity contribution < 1.29 is 4.79 Å². The Kier molecular flexibility index (Phi) is 4.27. The zero-order valence-corrected chi connectivity index (χ0v) is 14.0. The molecule has 23 heavy (non-hydrogen) atoms. The molecule has 1 saturated heterocycles. The second kappa shape index (κ2) is 6.53. The Hall–Kier alpha value is -1.53. The number of hydrogen-bond acceptors (Lipinski definition) is 5. The standard InChI is InChI=1S/C17H22N4OS/c22-16(18-14-6-3-7-15-17(14)20-23-19-15)11-21-9-8-12-4-1-2-5-13(12)10-21/h3,6-7,12-13H,1-2,4-5,8-11H2,(H,18,22)/t12-,13+/m0/s1. The first kappa shape index (κ1) is 15.0. The Morgan fingerprint density at radius 1 is 1.22 bits per heavy atom. The fraction of sp³-hybridized carbons (Fsp3) is 0.588. The van der Waals surface area contributed by atoms with Crippen molar-refractivity contribution in [3.63, 3.8) is 0 Å². The molecule has 2 fully saturated rings. The van der Waals surface area contributed by atoms with Crippen molar-refractivity contribution in [1.29, 1.82) is 0 Å². The number of aromatic nitrogens is 2. The molecule has 1 amide bonds. The lowest BCUT2D eigenvalue weighted by Crippen LogP contribution is -2.44. The topological polar surface area (TPSA) is 58.1 Å². The number of likely N-dealkylation sites (tertiary alicyclic amines) is 1. The van der Waals surface area contributed by atoms with Crippen LogP contribution in [0.1, 0.15) is 32.1 Å². The highest BCUT2D eigenvalue weighted by Crippen LogP contribution is 2.35. The summed E-state index contributed by atoms with van der Waals surface area (Å²) in [5.41, 5.74) is 2.40. The van der Waals surface area contributed by atoms with Crippen molar-refractivity contribution >= 4 is 34.4 Å². The molecular weight excluding hydrogens is 308 g/mol. The number of hydrogen-bond donors (Lipinski definition) is 1. The van der Waals surface area contributed by atoms with E-state index >= 15 is 0 Å². The van der Waals surface area contributed by atoms with Crippen LogP contribution in [0.3, 0.4) is 0 Å². The maximum atomic E-state index is 12.4. The van der Waals surface area contributed by atoms with Crippen LogP contribution in [-0.2, 0) is 4.79 Å². The van der Waals surface area contributed by atoms with Gasteiger partial charge in [0, 0.05) is 6.54 Å². The van der Waals surface area contributed by atoms with Crippen LogP contribution in [0.2, 0.25) is 0 Å². The first-order valence-corrected chi connectivity index (χ1v) is 9.26. The van der Waals surface area contributed by atoms with Crippen LogP contribution in [0.25, 0.3) is 11.0 Å². The van der Waals surface area contributed by atoms with Crippen LogP contribution in [0, 0.1) is 11.8 Å². The molecule has 2 aliphatic rings. The van der Waals surface area contributed by atoms with Gasteiger partial charge in [-0.1, -0.05) is 25.3 Å². The summed E-state index contributed by atoms with van der Waals surface area (Å²) in [5.74, 6) is 1.76. The van der Waals surface area contributed by atoms with Gasteiger partial charge in [0.1, 0.15) is 11.0 Å². The van der Waals surface area contributed by atoms with Crippen LogP contribution in [0.4, 0.5) is 5.69 Å². The second-order valence-electron chi connectivity index (χ2n) is 6.81. The van der Waals surface area contributed by atoms with Gasteiger partial charge in [0.2, 0.25) is 5.91 Å². The van der Waals surface area contributed by atoms with Gasteiger partial charge in [0.25, 0.3) is 0 Å². The Bertz CT molecular complexity index is 701. The zero-order valence-electron chi connectivity index (χ0n) is 13.2. The van der Waals surface area contributed by atoms with Crippen molar-refractivity contribution in [1.82, 2.24) is 13.6 Å². The smallest absolute Gasteiger partial charge is 0.238 e. The molecule has 1 saturated carbocycles. The van der Waals surface area contributed by atoms with Gasteiger partial charge in [-0.05, 0) is 43.4 Å². The van der Waals surface area contributed by atoms with Gasteiger partial charge in [0.05, 0.1) is 24.0 Å². The van der Waals surface area contributed by atoms with E-state index in [1.807, 2.05) is 18.2 Å². The molecule has 2 atom stereocenters. The number of fused-ring (bicyclic) bond motifs is 2. The fourth-order valence-corrected chi connectivity index (χ4v) is 4.67. The Morgan fingerprint density at radius 3 is 3.00 bits per heavy atom. The average Bonchev–Trinajstić information content (AvgIpc) is 3.04. The van der Waals surface area contributed by atoms with E-state index in [1.54, 1.807) is 0 Å². The summed E-state index contributed by atoms with van der Waals surface area (Å²) < 4.78 is 8.49. The molecule has 2 aromatic rings. The van der Waals surface area contributed by atoms with Gasteiger partial charge in [-0.3, -0.25) is 9.69 Å². The summed E-state index contributed by atoms with van der Waals surface area (Å²) in [7, 11) is 0. The molecule has 122 valence electrons. The van der Waals surface area contributed by atoms with Crippen molar-refractivity contribution in [2.45, 2.75) is 32.1 Å². The van der Waals surface area contributed by atoms with E-state index in [-0.39, 0.29) is 5.91 Å². The summed E-state index contributed by atoms with van der Waals surface area (Å²) in [6.07, 6.45) is 6.74. The predicted octanol–water partition coefficient (Wildman–Crippen LogP) is 3.14. The first-order valence-electron chi connectivity index (χ1n) is 8.53. The zero-order chi connectivity index (χ0) is 15.6. The molecule has 0 radical (unpaired) electrons. The fourth-order valence-electron chi connectivity index (χ4n) is 4.12. The first-order chi connectivity index (χ1) is 11.3. The molecule has 1 N–H and O–H groups in total. The third-order valence-corrected chi connectivity index (χ3v) is 5.85. The number of amides is 1. The molecule has 2 heterocycles. The molecular formula is C17H22N4OS.